The van der Waals surface area contributed by atoms with Crippen LogP contribution in [-0.4, -0.2) is 40.3 Å². The summed E-state index contributed by atoms with van der Waals surface area (Å²) in [5.41, 5.74) is -0.0185. The first kappa shape index (κ1) is 17.3. The molecular weight excluding hydrogens is 276 g/mol. The van der Waals surface area contributed by atoms with Gasteiger partial charge in [-0.2, -0.15) is 0 Å². The number of nitrogens with one attached hydrogen (secondary N) is 2. The third kappa shape index (κ3) is 5.61. The van der Waals surface area contributed by atoms with Gasteiger partial charge in [0.1, 0.15) is 6.04 Å². The van der Waals surface area contributed by atoms with Crippen molar-refractivity contribution in [2.75, 3.05) is 0 Å². The van der Waals surface area contributed by atoms with E-state index in [1.165, 1.54) is 0 Å². The molecule has 1 saturated carbocycles. The number of carboxylic acid groups (broad SMARTS) is 2. The van der Waals surface area contributed by atoms with E-state index in [2.05, 4.69) is 24.5 Å². The zero-order chi connectivity index (χ0) is 16.0. The number of carboxylic acids is 2. The summed E-state index contributed by atoms with van der Waals surface area (Å²) >= 11 is 0. The van der Waals surface area contributed by atoms with Gasteiger partial charge in [0.2, 0.25) is 0 Å². The van der Waals surface area contributed by atoms with E-state index in [1.807, 2.05) is 0 Å². The highest BCUT2D eigenvalue weighted by atomic mass is 16.4. The van der Waals surface area contributed by atoms with E-state index in [9.17, 15) is 14.4 Å². The minimum Gasteiger partial charge on any atom is -0.481 e. The molecule has 0 spiro atoms. The Bertz CT molecular complexity index is 408. The molecule has 120 valence electrons. The van der Waals surface area contributed by atoms with Crippen molar-refractivity contribution in [1.82, 2.24) is 10.6 Å². The Hall–Kier alpha value is -1.79. The van der Waals surface area contributed by atoms with Gasteiger partial charge in [-0.25, -0.2) is 9.59 Å². The average molecular weight is 300 g/mol. The van der Waals surface area contributed by atoms with Crippen LogP contribution in [0.1, 0.15) is 52.4 Å². The van der Waals surface area contributed by atoms with Crippen molar-refractivity contribution in [3.8, 4) is 0 Å². The molecule has 0 heterocycles. The lowest BCUT2D eigenvalue weighted by molar-refractivity contribution is -0.140. The molecule has 7 nitrogen and oxygen atoms in total. The molecule has 4 N–H and O–H groups in total. The van der Waals surface area contributed by atoms with E-state index in [-0.39, 0.29) is 24.3 Å². The monoisotopic (exact) mass is 300 g/mol. The molecule has 0 aromatic rings. The lowest BCUT2D eigenvalue weighted by Gasteiger charge is -2.39. The van der Waals surface area contributed by atoms with Crippen LogP contribution in [0.25, 0.3) is 0 Å². The first-order valence-corrected chi connectivity index (χ1v) is 7.24. The summed E-state index contributed by atoms with van der Waals surface area (Å²) in [6, 6.07) is -1.74. The molecule has 7 heteroatoms. The minimum absolute atomic E-state index is 0.000156. The molecule has 1 fully saturated rings. The summed E-state index contributed by atoms with van der Waals surface area (Å²) < 4.78 is 0. The van der Waals surface area contributed by atoms with Gasteiger partial charge in [0.15, 0.2) is 0 Å². The maximum Gasteiger partial charge on any atom is 0.326 e. The van der Waals surface area contributed by atoms with Gasteiger partial charge in [-0.05, 0) is 24.7 Å². The summed E-state index contributed by atoms with van der Waals surface area (Å²) in [6.45, 7) is 4.16. The number of hydrogen-bond acceptors (Lipinski definition) is 3. The molecule has 2 unspecified atom stereocenters. The highest BCUT2D eigenvalue weighted by molar-refractivity contribution is 5.83. The Morgan fingerprint density at radius 2 is 1.90 bits per heavy atom. The first-order chi connectivity index (χ1) is 9.72. The number of amides is 2. The molecular formula is C14H24N2O5. The Morgan fingerprint density at radius 1 is 1.24 bits per heavy atom. The van der Waals surface area contributed by atoms with Crippen LogP contribution in [0, 0.1) is 5.41 Å². The minimum atomic E-state index is -1.23. The molecule has 1 rings (SSSR count). The molecule has 0 saturated heterocycles. The van der Waals surface area contributed by atoms with Crippen LogP contribution in [0.15, 0.2) is 0 Å². The highest BCUT2D eigenvalue weighted by Gasteiger charge is 2.33. The van der Waals surface area contributed by atoms with Gasteiger partial charge in [-0.1, -0.05) is 26.7 Å². The summed E-state index contributed by atoms with van der Waals surface area (Å²) in [5.74, 6) is -2.31. The quantitative estimate of drug-likeness (QED) is 0.594. The van der Waals surface area contributed by atoms with Crippen LogP contribution < -0.4 is 10.6 Å². The van der Waals surface area contributed by atoms with Gasteiger partial charge < -0.3 is 20.8 Å². The van der Waals surface area contributed by atoms with Crippen LogP contribution in [0.4, 0.5) is 4.79 Å². The summed E-state index contributed by atoms with van der Waals surface area (Å²) in [5, 5.41) is 22.8. The fourth-order valence-electron chi connectivity index (χ4n) is 2.64. The Kier molecular flexibility index (Phi) is 5.99. The van der Waals surface area contributed by atoms with Gasteiger partial charge in [-0.15, -0.1) is 0 Å². The molecule has 2 amide bonds. The zero-order valence-electron chi connectivity index (χ0n) is 12.5. The molecule has 0 aliphatic heterocycles. The van der Waals surface area contributed by atoms with Crippen molar-refractivity contribution in [3.05, 3.63) is 0 Å². The molecule has 1 aliphatic carbocycles. The smallest absolute Gasteiger partial charge is 0.326 e. The van der Waals surface area contributed by atoms with Crippen molar-refractivity contribution >= 4 is 18.0 Å². The Morgan fingerprint density at radius 3 is 2.43 bits per heavy atom. The van der Waals surface area contributed by atoms with Crippen molar-refractivity contribution in [3.63, 3.8) is 0 Å². The fraction of sp³-hybridized carbons (Fsp3) is 0.786. The Balaban J connectivity index is 2.53. The second-order valence-corrected chi connectivity index (χ2v) is 6.23. The van der Waals surface area contributed by atoms with Gasteiger partial charge in [-0.3, -0.25) is 4.79 Å². The van der Waals surface area contributed by atoms with Crippen LogP contribution in [0.2, 0.25) is 0 Å². The van der Waals surface area contributed by atoms with Crippen molar-refractivity contribution in [1.29, 1.82) is 0 Å². The maximum absolute atomic E-state index is 11.9. The van der Waals surface area contributed by atoms with E-state index in [0.29, 0.717) is 0 Å². The maximum atomic E-state index is 11.9. The van der Waals surface area contributed by atoms with Crippen LogP contribution >= 0.6 is 0 Å². The van der Waals surface area contributed by atoms with E-state index in [0.717, 1.165) is 25.7 Å². The predicted molar refractivity (Wildman–Crippen MR) is 76.0 cm³/mol. The zero-order valence-corrected chi connectivity index (χ0v) is 12.5. The predicted octanol–water partition coefficient (Wildman–Crippen LogP) is 1.57. The third-order valence-electron chi connectivity index (χ3n) is 4.06. The lowest BCUT2D eigenvalue weighted by Crippen LogP contribution is -2.53. The molecule has 1 aliphatic rings. The molecule has 0 aromatic carbocycles. The molecule has 21 heavy (non-hydrogen) atoms. The number of carbonyl (C=O) groups is 3. The largest absolute Gasteiger partial charge is 0.481 e. The highest BCUT2D eigenvalue weighted by Crippen LogP contribution is 2.35. The van der Waals surface area contributed by atoms with Gasteiger partial charge in [0.05, 0.1) is 0 Å². The molecule has 0 radical (unpaired) electrons. The van der Waals surface area contributed by atoms with E-state index in [4.69, 9.17) is 10.2 Å². The number of hydrogen-bond donors (Lipinski definition) is 4. The van der Waals surface area contributed by atoms with Crippen molar-refractivity contribution in [2.45, 2.75) is 64.5 Å². The third-order valence-corrected chi connectivity index (χ3v) is 4.06. The van der Waals surface area contributed by atoms with E-state index >= 15 is 0 Å². The Labute approximate surface area is 124 Å². The molecule has 0 bridgehead atoms. The average Bonchev–Trinajstić information content (AvgIpc) is 2.36. The number of urea groups is 1. The number of carbonyl (C=O) groups excluding carboxylic acids is 1. The summed E-state index contributed by atoms with van der Waals surface area (Å²) in [6.07, 6.45) is 3.61. The van der Waals surface area contributed by atoms with Gasteiger partial charge in [0, 0.05) is 12.5 Å². The first-order valence-electron chi connectivity index (χ1n) is 7.24. The van der Waals surface area contributed by atoms with Crippen molar-refractivity contribution < 1.29 is 24.6 Å². The second kappa shape index (κ2) is 7.28. The fourth-order valence-corrected chi connectivity index (χ4v) is 2.64. The topological polar surface area (TPSA) is 116 Å². The standard InChI is InChI=1S/C14H24N2O5/c1-14(2)8-4-3-5-10(14)16-13(21)15-9(12(19)20)6-7-11(17)18/h9-10H,3-8H2,1-2H3,(H,17,18)(H,19,20)(H2,15,16,21). The normalized spacial score (nSPS) is 22.1. The lowest BCUT2D eigenvalue weighted by atomic mass is 9.73. The van der Waals surface area contributed by atoms with Crippen LogP contribution in [0.3, 0.4) is 0 Å². The van der Waals surface area contributed by atoms with Crippen LogP contribution in [0.5, 0.6) is 0 Å². The summed E-state index contributed by atoms with van der Waals surface area (Å²) in [4.78, 5) is 33.5. The molecule has 2 atom stereocenters. The summed E-state index contributed by atoms with van der Waals surface area (Å²) in [7, 11) is 0. The van der Waals surface area contributed by atoms with Crippen molar-refractivity contribution in [2.24, 2.45) is 5.41 Å². The van der Waals surface area contributed by atoms with Crippen LogP contribution in [-0.2, 0) is 9.59 Å². The van der Waals surface area contributed by atoms with E-state index in [1.54, 1.807) is 0 Å². The second-order valence-electron chi connectivity index (χ2n) is 6.23. The van der Waals surface area contributed by atoms with Gasteiger partial charge in [0.25, 0.3) is 0 Å². The van der Waals surface area contributed by atoms with E-state index < -0.39 is 24.0 Å². The SMILES string of the molecule is CC1(C)CCCCC1NC(=O)NC(CCC(=O)O)C(=O)O. The number of rotatable bonds is 6. The number of aliphatic carboxylic acids is 2. The molecule has 0 aromatic heterocycles. The van der Waals surface area contributed by atoms with Gasteiger partial charge >= 0.3 is 18.0 Å².